The predicted octanol–water partition coefficient (Wildman–Crippen LogP) is 1.59. The normalized spacial score (nSPS) is 27.1. The lowest BCUT2D eigenvalue weighted by molar-refractivity contribution is -0.123. The van der Waals surface area contributed by atoms with Gasteiger partial charge in [-0.05, 0) is 25.8 Å². The number of fused-ring (bicyclic) bond motifs is 1. The van der Waals surface area contributed by atoms with Crippen LogP contribution in [0.5, 0.6) is 0 Å². The van der Waals surface area contributed by atoms with Gasteiger partial charge in [0, 0.05) is 18.7 Å². The Morgan fingerprint density at radius 3 is 3.05 bits per heavy atom. The molecule has 5 heteroatoms. The van der Waals surface area contributed by atoms with Gasteiger partial charge in [-0.15, -0.1) is 0 Å². The van der Waals surface area contributed by atoms with E-state index in [0.717, 1.165) is 19.4 Å². The van der Waals surface area contributed by atoms with Crippen molar-refractivity contribution in [1.29, 1.82) is 0 Å². The van der Waals surface area contributed by atoms with Crippen molar-refractivity contribution in [3.63, 3.8) is 0 Å². The molecule has 0 aromatic heterocycles. The summed E-state index contributed by atoms with van der Waals surface area (Å²) in [5, 5.41) is 12.7. The summed E-state index contributed by atoms with van der Waals surface area (Å²) in [5.41, 5.74) is 1.04. The molecule has 4 nitrogen and oxygen atoms in total. The lowest BCUT2D eigenvalue weighted by Gasteiger charge is -2.39. The number of hydrogen-bond acceptors (Lipinski definition) is 3. The van der Waals surface area contributed by atoms with Crippen molar-refractivity contribution in [2.75, 3.05) is 18.0 Å². The SMILES string of the molecule is CC(O)c1cccc(F)c1N1CCCC2C(=O)NCC21. The largest absolute Gasteiger partial charge is 0.389 e. The molecular weight excluding hydrogens is 259 g/mol. The zero-order valence-corrected chi connectivity index (χ0v) is 11.5. The Morgan fingerprint density at radius 1 is 1.50 bits per heavy atom. The number of benzene rings is 1. The molecule has 2 aliphatic rings. The maximum absolute atomic E-state index is 14.3. The molecule has 2 saturated heterocycles. The lowest BCUT2D eigenvalue weighted by atomic mass is 9.90. The van der Waals surface area contributed by atoms with Gasteiger partial charge in [-0.1, -0.05) is 12.1 Å². The van der Waals surface area contributed by atoms with Gasteiger partial charge < -0.3 is 15.3 Å². The number of para-hydroxylation sites is 1. The molecule has 0 bridgehead atoms. The summed E-state index contributed by atoms with van der Waals surface area (Å²) in [5.74, 6) is -0.330. The summed E-state index contributed by atoms with van der Waals surface area (Å²) in [6.45, 7) is 2.91. The smallest absolute Gasteiger partial charge is 0.225 e. The number of amides is 1. The quantitative estimate of drug-likeness (QED) is 0.864. The molecule has 0 aliphatic carbocycles. The van der Waals surface area contributed by atoms with Crippen LogP contribution in [0.4, 0.5) is 10.1 Å². The van der Waals surface area contributed by atoms with Gasteiger partial charge in [0.2, 0.25) is 5.91 Å². The van der Waals surface area contributed by atoms with Gasteiger partial charge in [0.05, 0.1) is 23.8 Å². The van der Waals surface area contributed by atoms with Gasteiger partial charge in [0.15, 0.2) is 0 Å². The Bertz CT molecular complexity index is 533. The van der Waals surface area contributed by atoms with Crippen molar-refractivity contribution in [2.24, 2.45) is 5.92 Å². The summed E-state index contributed by atoms with van der Waals surface area (Å²) < 4.78 is 14.3. The number of piperidine rings is 1. The first-order valence-corrected chi connectivity index (χ1v) is 7.10. The molecule has 20 heavy (non-hydrogen) atoms. The number of carbonyl (C=O) groups excluding carboxylic acids is 1. The van der Waals surface area contributed by atoms with Crippen LogP contribution in [-0.4, -0.2) is 30.1 Å². The first-order valence-electron chi connectivity index (χ1n) is 7.10. The third-order valence-electron chi connectivity index (χ3n) is 4.36. The number of aliphatic hydroxyl groups excluding tert-OH is 1. The maximum atomic E-state index is 14.3. The molecule has 3 atom stereocenters. The molecule has 108 valence electrons. The van der Waals surface area contributed by atoms with Crippen molar-refractivity contribution in [3.8, 4) is 0 Å². The zero-order chi connectivity index (χ0) is 14.3. The van der Waals surface area contributed by atoms with Crippen LogP contribution in [0.15, 0.2) is 18.2 Å². The van der Waals surface area contributed by atoms with E-state index in [1.807, 2.05) is 4.90 Å². The Balaban J connectivity index is 2.02. The standard InChI is InChI=1S/C15H19FN2O2/c1-9(19)10-4-2-6-12(16)14(10)18-7-3-5-11-13(18)8-17-15(11)20/h2,4,6,9,11,13,19H,3,5,7-8H2,1H3,(H,17,20). The number of nitrogens with one attached hydrogen (secondary N) is 1. The van der Waals surface area contributed by atoms with Crippen LogP contribution in [0.3, 0.4) is 0 Å². The molecule has 0 saturated carbocycles. The fourth-order valence-corrected chi connectivity index (χ4v) is 3.40. The Labute approximate surface area is 117 Å². The summed E-state index contributed by atoms with van der Waals surface area (Å²) in [6.07, 6.45) is 0.985. The highest BCUT2D eigenvalue weighted by atomic mass is 19.1. The summed E-state index contributed by atoms with van der Waals surface area (Å²) in [7, 11) is 0. The Kier molecular flexibility index (Phi) is 3.38. The molecular formula is C15H19FN2O2. The summed E-state index contributed by atoms with van der Waals surface area (Å²) in [6, 6.07) is 4.76. The van der Waals surface area contributed by atoms with E-state index in [1.54, 1.807) is 19.1 Å². The minimum atomic E-state index is -0.730. The van der Waals surface area contributed by atoms with Crippen LogP contribution >= 0.6 is 0 Å². The second kappa shape index (κ2) is 5.05. The third kappa shape index (κ3) is 2.06. The maximum Gasteiger partial charge on any atom is 0.225 e. The Morgan fingerprint density at radius 2 is 2.30 bits per heavy atom. The fourth-order valence-electron chi connectivity index (χ4n) is 3.40. The van der Waals surface area contributed by atoms with Crippen molar-refractivity contribution < 1.29 is 14.3 Å². The summed E-state index contributed by atoms with van der Waals surface area (Å²) >= 11 is 0. The van der Waals surface area contributed by atoms with Crippen molar-refractivity contribution in [2.45, 2.75) is 31.9 Å². The number of carbonyl (C=O) groups is 1. The van der Waals surface area contributed by atoms with Gasteiger partial charge >= 0.3 is 0 Å². The predicted molar refractivity (Wildman–Crippen MR) is 73.9 cm³/mol. The van der Waals surface area contributed by atoms with Crippen LogP contribution in [0.1, 0.15) is 31.4 Å². The van der Waals surface area contributed by atoms with Gasteiger partial charge in [0.25, 0.3) is 0 Å². The second-order valence-corrected chi connectivity index (χ2v) is 5.61. The number of nitrogens with zero attached hydrogens (tertiary/aromatic N) is 1. The number of rotatable bonds is 2. The molecule has 3 rings (SSSR count). The van der Waals surface area contributed by atoms with Gasteiger partial charge in [-0.3, -0.25) is 4.79 Å². The average Bonchev–Trinajstić information content (AvgIpc) is 2.80. The number of hydrogen-bond donors (Lipinski definition) is 2. The molecule has 1 amide bonds. The van der Waals surface area contributed by atoms with E-state index in [4.69, 9.17) is 0 Å². The number of halogens is 1. The minimum absolute atomic E-state index is 0.00866. The average molecular weight is 278 g/mol. The van der Waals surface area contributed by atoms with Crippen molar-refractivity contribution in [3.05, 3.63) is 29.6 Å². The highest BCUT2D eigenvalue weighted by molar-refractivity contribution is 5.83. The van der Waals surface area contributed by atoms with E-state index in [2.05, 4.69) is 5.32 Å². The van der Waals surface area contributed by atoms with Crippen molar-refractivity contribution >= 4 is 11.6 Å². The van der Waals surface area contributed by atoms with Crippen LogP contribution < -0.4 is 10.2 Å². The van der Waals surface area contributed by atoms with E-state index in [0.29, 0.717) is 17.8 Å². The highest BCUT2D eigenvalue weighted by Crippen LogP contribution is 2.36. The van der Waals surface area contributed by atoms with E-state index in [9.17, 15) is 14.3 Å². The van der Waals surface area contributed by atoms with Crippen LogP contribution in [0.2, 0.25) is 0 Å². The van der Waals surface area contributed by atoms with Gasteiger partial charge in [0.1, 0.15) is 5.82 Å². The number of aliphatic hydroxyl groups is 1. The first kappa shape index (κ1) is 13.4. The lowest BCUT2D eigenvalue weighted by Crippen LogP contribution is -2.46. The topological polar surface area (TPSA) is 52.6 Å². The molecule has 0 radical (unpaired) electrons. The molecule has 2 fully saturated rings. The van der Waals surface area contributed by atoms with E-state index >= 15 is 0 Å². The molecule has 1 aromatic carbocycles. The summed E-state index contributed by atoms with van der Waals surface area (Å²) in [4.78, 5) is 13.8. The minimum Gasteiger partial charge on any atom is -0.389 e. The molecule has 2 N–H and O–H groups in total. The van der Waals surface area contributed by atoms with E-state index in [1.165, 1.54) is 6.07 Å². The third-order valence-corrected chi connectivity index (χ3v) is 4.36. The van der Waals surface area contributed by atoms with E-state index < -0.39 is 6.10 Å². The van der Waals surface area contributed by atoms with E-state index in [-0.39, 0.29) is 23.7 Å². The zero-order valence-electron chi connectivity index (χ0n) is 11.5. The molecule has 3 unspecified atom stereocenters. The molecule has 1 aromatic rings. The first-order chi connectivity index (χ1) is 9.59. The molecule has 0 spiro atoms. The van der Waals surface area contributed by atoms with Crippen molar-refractivity contribution in [1.82, 2.24) is 5.32 Å². The number of anilines is 1. The van der Waals surface area contributed by atoms with Crippen LogP contribution in [0, 0.1) is 11.7 Å². The highest BCUT2D eigenvalue weighted by Gasteiger charge is 2.42. The molecule has 2 heterocycles. The fraction of sp³-hybridized carbons (Fsp3) is 0.533. The second-order valence-electron chi connectivity index (χ2n) is 5.61. The van der Waals surface area contributed by atoms with Crippen LogP contribution in [-0.2, 0) is 4.79 Å². The van der Waals surface area contributed by atoms with Gasteiger partial charge in [-0.2, -0.15) is 0 Å². The van der Waals surface area contributed by atoms with Crippen LogP contribution in [0.25, 0.3) is 0 Å². The monoisotopic (exact) mass is 278 g/mol. The Hall–Kier alpha value is -1.62. The van der Waals surface area contributed by atoms with Gasteiger partial charge in [-0.25, -0.2) is 4.39 Å². The molecule has 2 aliphatic heterocycles.